The summed E-state index contributed by atoms with van der Waals surface area (Å²) in [4.78, 5) is 30.8. The Kier molecular flexibility index (Phi) is 6.35. The van der Waals surface area contributed by atoms with Crippen LogP contribution in [0.4, 0.5) is 0 Å². The molecule has 5 aliphatic carbocycles. The van der Waals surface area contributed by atoms with Gasteiger partial charge in [0.1, 0.15) is 11.6 Å². The van der Waals surface area contributed by atoms with Crippen LogP contribution in [0.5, 0.6) is 0 Å². The van der Waals surface area contributed by atoms with Crippen LogP contribution < -0.4 is 0 Å². The number of rotatable bonds is 3. The van der Waals surface area contributed by atoms with E-state index in [0.29, 0.717) is 65.8 Å². The Morgan fingerprint density at radius 3 is 2.80 bits per heavy atom. The molecular weight excluding hydrogens is 454 g/mol. The van der Waals surface area contributed by atoms with Crippen LogP contribution in [0.15, 0.2) is 17.1 Å². The number of dihydropyridines is 1. The third-order valence-corrected chi connectivity index (χ3v) is 12.7. The van der Waals surface area contributed by atoms with Crippen LogP contribution in [0.2, 0.25) is 0 Å². The molecule has 0 radical (unpaired) electrons. The Bertz CT molecular complexity index is 944. The van der Waals surface area contributed by atoms with E-state index in [1.165, 1.54) is 25.7 Å². The summed E-state index contributed by atoms with van der Waals surface area (Å²) in [6.07, 6.45) is 16.6. The van der Waals surface area contributed by atoms with Crippen LogP contribution in [0, 0.1) is 46.3 Å². The zero-order chi connectivity index (χ0) is 24.4. The molecule has 10 atom stereocenters. The summed E-state index contributed by atoms with van der Waals surface area (Å²) in [6.45, 7) is 4.69. The van der Waals surface area contributed by atoms with Gasteiger partial charge in [0.05, 0.1) is 22.9 Å². The Labute approximate surface area is 215 Å². The molecular formula is C30H43NO3S. The van der Waals surface area contributed by atoms with E-state index in [4.69, 9.17) is 4.99 Å². The number of thioether (sulfide) groups is 1. The van der Waals surface area contributed by atoms with Crippen molar-refractivity contribution in [3.63, 3.8) is 0 Å². The molecule has 6 rings (SSSR count). The van der Waals surface area contributed by atoms with Gasteiger partial charge in [-0.25, -0.2) is 0 Å². The van der Waals surface area contributed by atoms with Gasteiger partial charge in [-0.05, 0) is 97.9 Å². The monoisotopic (exact) mass is 497 g/mol. The van der Waals surface area contributed by atoms with Crippen LogP contribution in [0.25, 0.3) is 0 Å². The minimum absolute atomic E-state index is 0.0599. The van der Waals surface area contributed by atoms with Crippen LogP contribution in [-0.2, 0) is 9.59 Å². The molecule has 5 heteroatoms. The molecule has 1 heterocycles. The molecule has 0 spiro atoms. The molecule has 0 saturated heterocycles. The number of Topliss-reactive ketones (excluding diaryl/α,β-unsaturated/α-hetero) is 2. The second-order valence-electron chi connectivity index (χ2n) is 13.3. The van der Waals surface area contributed by atoms with E-state index in [-0.39, 0.29) is 22.9 Å². The first-order valence-electron chi connectivity index (χ1n) is 14.4. The number of aliphatic hydroxyl groups excluding tert-OH is 1. The fourth-order valence-corrected chi connectivity index (χ4v) is 10.8. The molecule has 9 unspecified atom stereocenters. The minimum Gasteiger partial charge on any atom is -0.393 e. The molecule has 5 saturated carbocycles. The number of nitrogens with zero attached hydrogens (tertiary/aromatic N) is 1. The van der Waals surface area contributed by atoms with Crippen LogP contribution in [0.3, 0.4) is 0 Å². The molecule has 35 heavy (non-hydrogen) atoms. The Balaban J connectivity index is 1.15. The van der Waals surface area contributed by atoms with Gasteiger partial charge in [-0.3, -0.25) is 14.6 Å². The number of ketones is 2. The van der Waals surface area contributed by atoms with Gasteiger partial charge in [0, 0.05) is 18.8 Å². The number of carbonyl (C=O) groups is 2. The normalized spacial score (nSPS) is 48.9. The van der Waals surface area contributed by atoms with E-state index < -0.39 is 0 Å². The lowest BCUT2D eigenvalue weighted by atomic mass is 9.44. The highest BCUT2D eigenvalue weighted by Crippen LogP contribution is 2.67. The largest absolute Gasteiger partial charge is 0.393 e. The number of fused-ring (bicyclic) bond motifs is 6. The van der Waals surface area contributed by atoms with Crippen molar-refractivity contribution in [3.8, 4) is 0 Å². The summed E-state index contributed by atoms with van der Waals surface area (Å²) in [5.41, 5.74) is -0.0114. The maximum Gasteiger partial charge on any atom is 0.146 e. The maximum atomic E-state index is 13.6. The van der Waals surface area contributed by atoms with Crippen molar-refractivity contribution in [1.82, 2.24) is 0 Å². The van der Waals surface area contributed by atoms with Gasteiger partial charge in [0.15, 0.2) is 0 Å². The summed E-state index contributed by atoms with van der Waals surface area (Å²) in [6, 6.07) is 0.428. The molecule has 1 aliphatic heterocycles. The number of hydrogen-bond acceptors (Lipinski definition) is 5. The van der Waals surface area contributed by atoms with Gasteiger partial charge < -0.3 is 5.11 Å². The number of hydrogen-bond donors (Lipinski definition) is 1. The lowest BCUT2D eigenvalue weighted by Gasteiger charge is -2.61. The molecule has 0 aromatic heterocycles. The van der Waals surface area contributed by atoms with Crippen molar-refractivity contribution < 1.29 is 14.7 Å². The van der Waals surface area contributed by atoms with Crippen LogP contribution >= 0.6 is 11.8 Å². The van der Waals surface area contributed by atoms with E-state index in [1.54, 1.807) is 11.8 Å². The quantitative estimate of drug-likeness (QED) is 0.518. The van der Waals surface area contributed by atoms with E-state index in [2.05, 4.69) is 26.0 Å². The fourth-order valence-electron chi connectivity index (χ4n) is 9.97. The van der Waals surface area contributed by atoms with Gasteiger partial charge in [-0.15, -0.1) is 0 Å². The van der Waals surface area contributed by atoms with Gasteiger partial charge in [-0.2, -0.15) is 0 Å². The van der Waals surface area contributed by atoms with Gasteiger partial charge in [-0.1, -0.05) is 44.5 Å². The third-order valence-electron chi connectivity index (χ3n) is 11.7. The van der Waals surface area contributed by atoms with Crippen molar-refractivity contribution in [2.24, 2.45) is 51.3 Å². The van der Waals surface area contributed by atoms with Crippen LogP contribution in [0.1, 0.15) is 90.9 Å². The van der Waals surface area contributed by atoms with E-state index in [0.717, 1.165) is 43.6 Å². The van der Waals surface area contributed by atoms with Crippen molar-refractivity contribution in [3.05, 3.63) is 12.2 Å². The summed E-state index contributed by atoms with van der Waals surface area (Å²) in [5, 5.41) is 12.6. The Morgan fingerprint density at radius 1 is 1.11 bits per heavy atom. The topological polar surface area (TPSA) is 66.7 Å². The smallest absolute Gasteiger partial charge is 0.146 e. The van der Waals surface area contributed by atoms with Crippen LogP contribution in [-0.4, -0.2) is 39.6 Å². The zero-order valence-corrected chi connectivity index (χ0v) is 22.4. The first kappa shape index (κ1) is 24.4. The van der Waals surface area contributed by atoms with E-state index in [9.17, 15) is 14.7 Å². The fraction of sp³-hybridized carbons (Fsp3) is 0.833. The molecule has 0 bridgehead atoms. The second kappa shape index (κ2) is 9.11. The molecule has 0 aromatic rings. The Hall–Kier alpha value is -0.940. The summed E-state index contributed by atoms with van der Waals surface area (Å²) >= 11 is 1.64. The SMILES string of the molecule is CC12C[C@H](O)C3C(CCC4CC(=O)CCC43C)C1CCC2C(=O)CSC1=NC2CCCCC2C=C1. The highest BCUT2D eigenvalue weighted by molar-refractivity contribution is 8.14. The standard InChI is InChI=1S/C30H43NO3S/c1-29-14-13-20(32)15-19(29)8-9-21-22-10-11-23(30(22,2)16-25(33)28(21)29)26(34)17-35-27-12-7-18-5-3-4-6-24(18)31-27/h7,12,18-19,21-25,28,33H,3-6,8-11,13-17H2,1-2H3/t18?,19?,21?,22?,23?,24?,25-,28?,29?,30?/m0/s1. The van der Waals surface area contributed by atoms with Crippen molar-refractivity contribution in [1.29, 1.82) is 0 Å². The Morgan fingerprint density at radius 2 is 1.94 bits per heavy atom. The van der Waals surface area contributed by atoms with Gasteiger partial charge >= 0.3 is 0 Å². The number of carbonyl (C=O) groups excluding carboxylic acids is 2. The maximum absolute atomic E-state index is 13.6. The predicted octanol–water partition coefficient (Wildman–Crippen LogP) is 6.01. The second-order valence-corrected chi connectivity index (χ2v) is 14.3. The summed E-state index contributed by atoms with van der Waals surface area (Å²) in [7, 11) is 0. The van der Waals surface area contributed by atoms with Crippen molar-refractivity contribution in [2.75, 3.05) is 5.75 Å². The first-order chi connectivity index (χ1) is 16.8. The highest BCUT2D eigenvalue weighted by atomic mass is 32.2. The number of aliphatic imine (C=N–C) groups is 1. The van der Waals surface area contributed by atoms with Crippen molar-refractivity contribution >= 4 is 28.4 Å². The summed E-state index contributed by atoms with van der Waals surface area (Å²) in [5.74, 6) is 3.72. The van der Waals surface area contributed by atoms with E-state index >= 15 is 0 Å². The first-order valence-corrected chi connectivity index (χ1v) is 15.4. The lowest BCUT2D eigenvalue weighted by molar-refractivity contribution is -0.173. The molecule has 0 aromatic carbocycles. The van der Waals surface area contributed by atoms with Crippen molar-refractivity contribution in [2.45, 2.75) is 103 Å². The predicted molar refractivity (Wildman–Crippen MR) is 141 cm³/mol. The zero-order valence-electron chi connectivity index (χ0n) is 21.6. The molecule has 192 valence electrons. The molecule has 0 amide bonds. The van der Waals surface area contributed by atoms with Gasteiger partial charge in [0.25, 0.3) is 0 Å². The summed E-state index contributed by atoms with van der Waals surface area (Å²) < 4.78 is 0. The molecule has 6 aliphatic rings. The van der Waals surface area contributed by atoms with Gasteiger partial charge in [0.2, 0.25) is 0 Å². The number of aliphatic hydroxyl groups is 1. The van der Waals surface area contributed by atoms with E-state index in [1.807, 2.05) is 0 Å². The minimum atomic E-state index is -0.350. The molecule has 4 nitrogen and oxygen atoms in total. The average Bonchev–Trinajstić information content (AvgIpc) is 3.19. The molecule has 1 N–H and O–H groups in total. The lowest BCUT2D eigenvalue weighted by Crippen LogP contribution is -2.59. The third kappa shape index (κ3) is 4.02. The average molecular weight is 498 g/mol. The molecule has 5 fully saturated rings. The highest BCUT2D eigenvalue weighted by Gasteiger charge is 2.63.